The molecule has 3 heterocycles. The van der Waals surface area contributed by atoms with Gasteiger partial charge < -0.3 is 43.3 Å². The van der Waals surface area contributed by atoms with Crippen molar-refractivity contribution in [3.63, 3.8) is 0 Å². The number of nitrogens with zero attached hydrogens (tertiary/aromatic N) is 1. The summed E-state index contributed by atoms with van der Waals surface area (Å²) in [7, 11) is 1.76. The van der Waals surface area contributed by atoms with E-state index in [0.717, 1.165) is 12.0 Å². The second kappa shape index (κ2) is 26.5. The second-order valence-corrected chi connectivity index (χ2v) is 23.6. The number of carbonyl (C=O) groups is 5. The molecular weight excluding hydrogens is 906 g/mol. The number of aliphatic hydroxyl groups is 2. The zero-order chi connectivity index (χ0) is 51.4. The number of rotatable bonds is 8. The molecule has 390 valence electrons. The number of cyclic esters (lactones) is 1. The van der Waals surface area contributed by atoms with E-state index in [1.807, 2.05) is 58.1 Å². The molecule has 0 spiro atoms. The van der Waals surface area contributed by atoms with Gasteiger partial charge in [0.05, 0.1) is 24.4 Å². The number of ether oxygens (including phenoxy) is 5. The normalized spacial score (nSPS) is 39.0. The molecule has 16 heteroatoms. The molecule has 2 saturated heterocycles. The summed E-state index contributed by atoms with van der Waals surface area (Å²) in [5.74, 6) is -8.11. The summed E-state index contributed by atoms with van der Waals surface area (Å²) in [6, 6.07) is -1.16. The zero-order valence-corrected chi connectivity index (χ0v) is 44.3. The van der Waals surface area contributed by atoms with E-state index in [2.05, 4.69) is 0 Å². The van der Waals surface area contributed by atoms with Crippen LogP contribution in [0.25, 0.3) is 0 Å². The number of hydrogen-bond acceptors (Lipinski definition) is 14. The lowest BCUT2D eigenvalue weighted by Crippen LogP contribution is -2.61. The standard InChI is InChI=1S/C53H84NO14P/c1-32-18-14-13-15-19-33(2)44(63-8)30-40-23-21-38(7)53(61,67-40)50(58)51(59)54-25-17-16-20-41(54)52(60)66-45(35(4)28-39-22-24-43(46(29-39)64-9)68-69(11,12)62)31-42(55)34(3)27-37(6)48(57)49(65-10)47(56)36(5)26-32/h13-15,18-19,27,32,34-36,38-41,43-46,48-49,57,61H,16-17,20-26,28-31H2,1-12H3/b15-13+,18-14+,33-19-,37-27+/t32-,34-,35-,36-,38-,39+,40+,41+,43-,44+,45+,46-,48-,49+,53-/m1/s1. The number of aliphatic hydroxyl groups excluding tert-OH is 1. The van der Waals surface area contributed by atoms with Crippen LogP contribution >= 0.6 is 7.37 Å². The molecule has 0 aromatic carbocycles. The average Bonchev–Trinajstić information content (AvgIpc) is 3.30. The number of hydrogen-bond donors (Lipinski definition) is 2. The van der Waals surface area contributed by atoms with E-state index in [0.29, 0.717) is 63.4 Å². The number of allylic oxidation sites excluding steroid dienone is 6. The first-order valence-electron chi connectivity index (χ1n) is 25.2. The molecule has 0 aromatic heterocycles. The third-order valence-corrected chi connectivity index (χ3v) is 15.6. The molecule has 2 bridgehead atoms. The highest BCUT2D eigenvalue weighted by molar-refractivity contribution is 7.57. The van der Waals surface area contributed by atoms with Gasteiger partial charge in [0, 0.05) is 71.8 Å². The Morgan fingerprint density at radius 2 is 1.57 bits per heavy atom. The lowest BCUT2D eigenvalue weighted by atomic mass is 9.78. The summed E-state index contributed by atoms with van der Waals surface area (Å²) in [5, 5.41) is 23.5. The van der Waals surface area contributed by atoms with Gasteiger partial charge in [-0.3, -0.25) is 23.7 Å². The van der Waals surface area contributed by atoms with Crippen molar-refractivity contribution in [2.24, 2.45) is 35.5 Å². The van der Waals surface area contributed by atoms with Crippen LogP contribution < -0.4 is 0 Å². The third kappa shape index (κ3) is 16.2. The van der Waals surface area contributed by atoms with Crippen molar-refractivity contribution in [3.8, 4) is 0 Å². The van der Waals surface area contributed by atoms with Crippen molar-refractivity contribution < 1.29 is 67.0 Å². The van der Waals surface area contributed by atoms with Crippen molar-refractivity contribution in [3.05, 3.63) is 47.6 Å². The van der Waals surface area contributed by atoms with Crippen LogP contribution in [-0.4, -0.2) is 140 Å². The van der Waals surface area contributed by atoms with E-state index >= 15 is 0 Å². The van der Waals surface area contributed by atoms with Crippen LogP contribution in [0, 0.1) is 35.5 Å². The summed E-state index contributed by atoms with van der Waals surface area (Å²) < 4.78 is 48.2. The summed E-state index contributed by atoms with van der Waals surface area (Å²) in [6.45, 7) is 15.9. The highest BCUT2D eigenvalue weighted by Gasteiger charge is 2.53. The van der Waals surface area contributed by atoms with Crippen molar-refractivity contribution in [2.45, 2.75) is 180 Å². The van der Waals surface area contributed by atoms with Gasteiger partial charge in [-0.25, -0.2) is 4.79 Å². The van der Waals surface area contributed by atoms with Crippen LogP contribution in [0.1, 0.15) is 126 Å². The Kier molecular flexibility index (Phi) is 22.5. The summed E-state index contributed by atoms with van der Waals surface area (Å²) in [6.07, 6.45) is 11.4. The Hall–Kier alpha value is -3.14. The number of methoxy groups -OCH3 is 3. The number of esters is 1. The Morgan fingerprint density at radius 1 is 0.855 bits per heavy atom. The maximum Gasteiger partial charge on any atom is 0.329 e. The number of fused-ring (bicyclic) bond motifs is 3. The highest BCUT2D eigenvalue weighted by Crippen LogP contribution is 2.45. The fourth-order valence-electron chi connectivity index (χ4n) is 10.5. The van der Waals surface area contributed by atoms with Crippen molar-refractivity contribution in [1.29, 1.82) is 0 Å². The number of ketones is 3. The Bertz CT molecular complexity index is 1940. The Labute approximate surface area is 411 Å². The first kappa shape index (κ1) is 58.4. The molecule has 1 saturated carbocycles. The largest absolute Gasteiger partial charge is 0.460 e. The topological polar surface area (TPSA) is 201 Å². The second-order valence-electron chi connectivity index (χ2n) is 20.9. The van der Waals surface area contributed by atoms with Crippen LogP contribution in [0.5, 0.6) is 0 Å². The van der Waals surface area contributed by atoms with E-state index in [4.69, 9.17) is 28.2 Å². The quantitative estimate of drug-likeness (QED) is 0.104. The monoisotopic (exact) mass is 990 g/mol. The van der Waals surface area contributed by atoms with Gasteiger partial charge in [0.2, 0.25) is 5.79 Å². The molecule has 3 fully saturated rings. The Morgan fingerprint density at radius 3 is 2.22 bits per heavy atom. The molecule has 1 aliphatic carbocycles. The van der Waals surface area contributed by atoms with Crippen molar-refractivity contribution >= 4 is 36.6 Å². The fourth-order valence-corrected chi connectivity index (χ4v) is 11.4. The summed E-state index contributed by atoms with van der Waals surface area (Å²) in [5.41, 5.74) is 1.25. The predicted octanol–water partition coefficient (Wildman–Crippen LogP) is 7.74. The van der Waals surface area contributed by atoms with Crippen LogP contribution in [0.3, 0.4) is 0 Å². The van der Waals surface area contributed by atoms with Gasteiger partial charge >= 0.3 is 5.97 Å². The van der Waals surface area contributed by atoms with E-state index in [9.17, 15) is 38.8 Å². The highest BCUT2D eigenvalue weighted by atomic mass is 31.2. The van der Waals surface area contributed by atoms with E-state index < -0.39 is 85.1 Å². The van der Waals surface area contributed by atoms with E-state index in [1.165, 1.54) is 12.0 Å². The van der Waals surface area contributed by atoms with E-state index in [-0.39, 0.29) is 60.9 Å². The molecule has 1 amide bonds. The zero-order valence-electron chi connectivity index (χ0n) is 43.4. The fraction of sp³-hybridized carbons (Fsp3) is 0.755. The Balaban J connectivity index is 1.70. The van der Waals surface area contributed by atoms with Gasteiger partial charge in [0.25, 0.3) is 11.7 Å². The van der Waals surface area contributed by atoms with Crippen molar-refractivity contribution in [1.82, 2.24) is 4.90 Å². The first-order valence-corrected chi connectivity index (χ1v) is 27.7. The maximum atomic E-state index is 14.5. The molecule has 15 atom stereocenters. The van der Waals surface area contributed by atoms with Gasteiger partial charge in [-0.2, -0.15) is 0 Å². The number of amides is 1. The molecule has 4 aliphatic rings. The molecule has 4 rings (SSSR count). The smallest absolute Gasteiger partial charge is 0.329 e. The molecule has 0 aromatic rings. The van der Waals surface area contributed by atoms with Crippen LogP contribution in [0.2, 0.25) is 0 Å². The maximum absolute atomic E-state index is 14.5. The van der Waals surface area contributed by atoms with Gasteiger partial charge in [-0.15, -0.1) is 0 Å². The molecule has 0 unspecified atom stereocenters. The molecule has 0 radical (unpaired) electrons. The molecule has 2 N–H and O–H groups in total. The SMILES string of the molecule is CO[C@H]1C[C@@H]2CC[C@@H](C)[C@@](O)(O2)C(=O)C(=O)N2CCCC[C@H]2C(=O)O[C@H]([C@H](C)C[C@@H]2CC[C@@H](OP(C)(C)=O)[C@H](OC)C2)CC(=O)[C@H](C)/C=C(\C)[C@@H](O)[C@@H](OC)C(=O)[C@H](C)C[C@H](C)/C=C/C=C/C=C\1C. The van der Waals surface area contributed by atoms with E-state index in [1.54, 1.807) is 54.4 Å². The minimum absolute atomic E-state index is 0.0117. The van der Waals surface area contributed by atoms with Gasteiger partial charge in [-0.05, 0) is 107 Å². The van der Waals surface area contributed by atoms with Crippen LogP contribution in [-0.2, 0) is 56.7 Å². The lowest BCUT2D eigenvalue weighted by Gasteiger charge is -2.42. The van der Waals surface area contributed by atoms with Crippen LogP contribution in [0.4, 0.5) is 0 Å². The number of carbonyl (C=O) groups excluding carboxylic acids is 5. The molecule has 69 heavy (non-hydrogen) atoms. The van der Waals surface area contributed by atoms with Gasteiger partial charge in [0.15, 0.2) is 13.2 Å². The molecular formula is C53H84NO14P. The van der Waals surface area contributed by atoms with Crippen LogP contribution in [0.15, 0.2) is 47.6 Å². The molecule has 3 aliphatic heterocycles. The molecule has 15 nitrogen and oxygen atoms in total. The number of Topliss-reactive ketones (excluding diaryl/α,β-unsaturated/α-hetero) is 3. The first-order chi connectivity index (χ1) is 32.4. The van der Waals surface area contributed by atoms with Gasteiger partial charge in [-0.1, -0.05) is 71.1 Å². The third-order valence-electron chi connectivity index (χ3n) is 14.8. The summed E-state index contributed by atoms with van der Waals surface area (Å²) >= 11 is 0. The minimum Gasteiger partial charge on any atom is -0.460 e. The average molecular weight is 990 g/mol. The predicted molar refractivity (Wildman–Crippen MR) is 263 cm³/mol. The summed E-state index contributed by atoms with van der Waals surface area (Å²) in [4.78, 5) is 72.2. The lowest BCUT2D eigenvalue weighted by molar-refractivity contribution is -0.265. The minimum atomic E-state index is -2.79. The number of piperidine rings is 1. The van der Waals surface area contributed by atoms with Gasteiger partial charge in [0.1, 0.15) is 30.1 Å². The van der Waals surface area contributed by atoms with Crippen molar-refractivity contribution in [2.75, 3.05) is 41.2 Å².